The van der Waals surface area contributed by atoms with Gasteiger partial charge in [0.15, 0.2) is 11.6 Å². The highest BCUT2D eigenvalue weighted by molar-refractivity contribution is 5.97. The lowest BCUT2D eigenvalue weighted by atomic mass is 10.2. The van der Waals surface area contributed by atoms with E-state index in [1.807, 2.05) is 0 Å². The van der Waals surface area contributed by atoms with Crippen LogP contribution in [-0.2, 0) is 7.05 Å². The first-order valence-corrected chi connectivity index (χ1v) is 4.95. The fourth-order valence-electron chi connectivity index (χ4n) is 1.54. The summed E-state index contributed by atoms with van der Waals surface area (Å²) in [6.07, 6.45) is 3.18. The van der Waals surface area contributed by atoms with E-state index in [2.05, 4.69) is 5.10 Å². The Bertz CT molecular complexity index is 595. The molecule has 0 amide bonds. The van der Waals surface area contributed by atoms with Crippen molar-refractivity contribution in [2.24, 2.45) is 7.05 Å². The summed E-state index contributed by atoms with van der Waals surface area (Å²) in [4.78, 5) is 22.3. The van der Waals surface area contributed by atoms with Crippen LogP contribution in [0.5, 0.6) is 0 Å². The predicted molar refractivity (Wildman–Crippen MR) is 59.5 cm³/mol. The summed E-state index contributed by atoms with van der Waals surface area (Å²) in [6, 6.07) is 3.02. The van der Waals surface area contributed by atoms with Gasteiger partial charge in [-0.1, -0.05) is 0 Å². The molecule has 0 unspecified atom stereocenters. The van der Waals surface area contributed by atoms with Gasteiger partial charge in [0.25, 0.3) is 0 Å². The Kier molecular flexibility index (Phi) is 2.55. The van der Waals surface area contributed by atoms with Gasteiger partial charge in [-0.2, -0.15) is 5.10 Å². The normalized spacial score (nSPS) is 10.5. The number of aryl methyl sites for hydroxylation is 1. The molecule has 6 nitrogen and oxygen atoms in total. The Morgan fingerprint density at radius 2 is 2.12 bits per heavy atom. The van der Waals surface area contributed by atoms with Crippen molar-refractivity contribution in [1.82, 2.24) is 14.3 Å². The van der Waals surface area contributed by atoms with Crippen LogP contribution in [0.4, 0.5) is 0 Å². The van der Waals surface area contributed by atoms with Crippen molar-refractivity contribution in [2.45, 2.75) is 6.92 Å². The number of carboxylic acids is 1. The van der Waals surface area contributed by atoms with E-state index in [-0.39, 0.29) is 11.5 Å². The van der Waals surface area contributed by atoms with Crippen molar-refractivity contribution >= 4 is 11.8 Å². The number of carbonyl (C=O) groups is 2. The Morgan fingerprint density at radius 1 is 1.41 bits per heavy atom. The van der Waals surface area contributed by atoms with Crippen molar-refractivity contribution in [3.05, 3.63) is 35.8 Å². The monoisotopic (exact) mass is 233 g/mol. The molecular formula is C11H11N3O3. The number of aromatic nitrogens is 3. The number of ketones is 1. The number of hydrogen-bond donors (Lipinski definition) is 1. The fourth-order valence-corrected chi connectivity index (χ4v) is 1.54. The maximum absolute atomic E-state index is 11.2. The van der Waals surface area contributed by atoms with E-state index in [1.54, 1.807) is 24.0 Å². The van der Waals surface area contributed by atoms with Gasteiger partial charge < -0.3 is 5.11 Å². The maximum Gasteiger partial charge on any atom is 0.352 e. The standard InChI is InChI=1S/C11H11N3O3/c1-7(15)8-5-9(11(16)17)14(6-8)10-3-4-13(2)12-10/h3-6H,1-2H3,(H,16,17). The molecule has 0 aromatic carbocycles. The van der Waals surface area contributed by atoms with Crippen molar-refractivity contribution in [3.8, 4) is 5.82 Å². The quantitative estimate of drug-likeness (QED) is 0.805. The molecule has 2 aromatic rings. The smallest absolute Gasteiger partial charge is 0.352 e. The van der Waals surface area contributed by atoms with E-state index in [1.165, 1.54) is 23.8 Å². The third kappa shape index (κ3) is 1.96. The van der Waals surface area contributed by atoms with Gasteiger partial charge in [0, 0.05) is 31.1 Å². The van der Waals surface area contributed by atoms with Gasteiger partial charge in [0.2, 0.25) is 0 Å². The van der Waals surface area contributed by atoms with Crippen LogP contribution in [0.2, 0.25) is 0 Å². The van der Waals surface area contributed by atoms with Gasteiger partial charge in [0.05, 0.1) is 0 Å². The summed E-state index contributed by atoms with van der Waals surface area (Å²) in [5.74, 6) is -0.803. The number of aromatic carboxylic acids is 1. The molecule has 0 aliphatic heterocycles. The van der Waals surface area contributed by atoms with E-state index >= 15 is 0 Å². The van der Waals surface area contributed by atoms with Gasteiger partial charge in [-0.05, 0) is 13.0 Å². The molecule has 0 saturated heterocycles. The van der Waals surface area contributed by atoms with Crippen molar-refractivity contribution < 1.29 is 14.7 Å². The summed E-state index contributed by atoms with van der Waals surface area (Å²) in [6.45, 7) is 1.39. The first-order chi connectivity index (χ1) is 7.99. The van der Waals surface area contributed by atoms with Crippen LogP contribution < -0.4 is 0 Å². The molecule has 17 heavy (non-hydrogen) atoms. The molecular weight excluding hydrogens is 222 g/mol. The summed E-state index contributed by atoms with van der Waals surface area (Å²) < 4.78 is 2.95. The number of hydrogen-bond acceptors (Lipinski definition) is 3. The van der Waals surface area contributed by atoms with Crippen LogP contribution in [0.25, 0.3) is 5.82 Å². The van der Waals surface area contributed by atoms with E-state index in [9.17, 15) is 9.59 Å². The lowest BCUT2D eigenvalue weighted by Gasteiger charge is -2.00. The largest absolute Gasteiger partial charge is 0.477 e. The number of carbonyl (C=O) groups excluding carboxylic acids is 1. The van der Waals surface area contributed by atoms with Gasteiger partial charge in [-0.3, -0.25) is 14.0 Å². The number of nitrogens with zero attached hydrogens (tertiary/aromatic N) is 3. The average molecular weight is 233 g/mol. The molecule has 2 heterocycles. The van der Waals surface area contributed by atoms with Crippen molar-refractivity contribution in [2.75, 3.05) is 0 Å². The first kappa shape index (κ1) is 11.1. The first-order valence-electron chi connectivity index (χ1n) is 4.95. The third-order valence-corrected chi connectivity index (χ3v) is 2.39. The second-order valence-electron chi connectivity index (χ2n) is 3.69. The molecule has 0 fully saturated rings. The minimum atomic E-state index is -1.09. The molecule has 0 atom stereocenters. The van der Waals surface area contributed by atoms with Gasteiger partial charge in [0.1, 0.15) is 5.69 Å². The van der Waals surface area contributed by atoms with Crippen LogP contribution in [-0.4, -0.2) is 31.2 Å². The number of carboxylic acid groups (broad SMARTS) is 1. The maximum atomic E-state index is 11.2. The Labute approximate surface area is 97.1 Å². The minimum Gasteiger partial charge on any atom is -0.477 e. The molecule has 0 aliphatic rings. The Hall–Kier alpha value is -2.37. The van der Waals surface area contributed by atoms with E-state index < -0.39 is 5.97 Å². The summed E-state index contributed by atoms with van der Waals surface area (Å²) in [5, 5.41) is 13.2. The molecule has 88 valence electrons. The van der Waals surface area contributed by atoms with Crippen LogP contribution in [0.3, 0.4) is 0 Å². The van der Waals surface area contributed by atoms with Crippen LogP contribution >= 0.6 is 0 Å². The number of Topliss-reactive ketones (excluding diaryl/α,β-unsaturated/α-hetero) is 1. The predicted octanol–water partition coefficient (Wildman–Crippen LogP) is 1.11. The molecule has 0 saturated carbocycles. The lowest BCUT2D eigenvalue weighted by Crippen LogP contribution is -2.06. The molecule has 1 N–H and O–H groups in total. The molecule has 0 radical (unpaired) electrons. The summed E-state index contributed by atoms with van der Waals surface area (Å²) in [5.41, 5.74) is 0.377. The summed E-state index contributed by atoms with van der Waals surface area (Å²) >= 11 is 0. The highest BCUT2D eigenvalue weighted by Crippen LogP contribution is 2.15. The molecule has 2 rings (SSSR count). The van der Waals surface area contributed by atoms with Crippen molar-refractivity contribution in [3.63, 3.8) is 0 Å². The Balaban J connectivity index is 2.59. The molecule has 6 heteroatoms. The second-order valence-corrected chi connectivity index (χ2v) is 3.69. The SMILES string of the molecule is CC(=O)c1cc(C(=O)O)n(-c2ccn(C)n2)c1. The van der Waals surface area contributed by atoms with Crippen molar-refractivity contribution in [1.29, 1.82) is 0 Å². The highest BCUT2D eigenvalue weighted by Gasteiger charge is 2.16. The highest BCUT2D eigenvalue weighted by atomic mass is 16.4. The van der Waals surface area contributed by atoms with E-state index in [0.717, 1.165) is 0 Å². The zero-order chi connectivity index (χ0) is 12.6. The Morgan fingerprint density at radius 3 is 2.59 bits per heavy atom. The topological polar surface area (TPSA) is 77.1 Å². The van der Waals surface area contributed by atoms with Crippen LogP contribution in [0.15, 0.2) is 24.5 Å². The van der Waals surface area contributed by atoms with E-state index in [0.29, 0.717) is 11.4 Å². The molecule has 2 aromatic heterocycles. The fraction of sp³-hybridized carbons (Fsp3) is 0.182. The van der Waals surface area contributed by atoms with Crippen LogP contribution in [0.1, 0.15) is 27.8 Å². The third-order valence-electron chi connectivity index (χ3n) is 2.39. The van der Waals surface area contributed by atoms with Gasteiger partial charge in [-0.15, -0.1) is 0 Å². The van der Waals surface area contributed by atoms with Gasteiger partial charge in [-0.25, -0.2) is 4.79 Å². The molecule has 0 bridgehead atoms. The lowest BCUT2D eigenvalue weighted by molar-refractivity contribution is 0.0688. The summed E-state index contributed by atoms with van der Waals surface area (Å²) in [7, 11) is 1.74. The zero-order valence-corrected chi connectivity index (χ0v) is 9.41. The molecule has 0 aliphatic carbocycles. The minimum absolute atomic E-state index is 0.0221. The van der Waals surface area contributed by atoms with Gasteiger partial charge >= 0.3 is 5.97 Å². The van der Waals surface area contributed by atoms with E-state index in [4.69, 9.17) is 5.11 Å². The van der Waals surface area contributed by atoms with Crippen LogP contribution in [0, 0.1) is 0 Å². The average Bonchev–Trinajstić information content (AvgIpc) is 2.82. The zero-order valence-electron chi connectivity index (χ0n) is 9.41. The molecule has 0 spiro atoms. The second kappa shape index (κ2) is 3.89. The number of rotatable bonds is 3.